The third-order valence-corrected chi connectivity index (χ3v) is 6.71. The van der Waals surface area contributed by atoms with E-state index in [1.54, 1.807) is 36.4 Å². The molecular weight excluding hydrogens is 501 g/mol. The lowest BCUT2D eigenvalue weighted by Crippen LogP contribution is -2.60. The molecule has 4 rings (SSSR count). The smallest absolute Gasteiger partial charge is 0.252 e. The number of alkyl halides is 3. The van der Waals surface area contributed by atoms with E-state index in [4.69, 9.17) is 34.8 Å². The molecule has 5 nitrogen and oxygen atoms in total. The summed E-state index contributed by atoms with van der Waals surface area (Å²) in [5.41, 5.74) is 1.51. The van der Waals surface area contributed by atoms with Crippen LogP contribution in [0.5, 0.6) is 0 Å². The molecule has 29 heavy (non-hydrogen) atoms. The van der Waals surface area contributed by atoms with Crippen molar-refractivity contribution in [2.45, 2.75) is 28.8 Å². The number of likely N-dealkylation sites (tertiary alicyclic amines) is 1. The Morgan fingerprint density at radius 2 is 1.83 bits per heavy atom. The van der Waals surface area contributed by atoms with Crippen LogP contribution in [-0.4, -0.2) is 38.4 Å². The Morgan fingerprint density at radius 1 is 1.10 bits per heavy atom. The van der Waals surface area contributed by atoms with Crippen LogP contribution in [0.1, 0.15) is 28.4 Å². The van der Waals surface area contributed by atoms with Crippen molar-refractivity contribution in [2.75, 3.05) is 13.1 Å². The SMILES string of the molecule is O=C(N[C@@H](N1C[C@@H]2C[C@H](C1)c1cccc(=O)n1C2)C(Cl)(Cl)Cl)c1ccc(Br)cc1. The van der Waals surface area contributed by atoms with Gasteiger partial charge in [0.25, 0.3) is 11.5 Å². The van der Waals surface area contributed by atoms with Gasteiger partial charge in [-0.3, -0.25) is 14.5 Å². The molecule has 0 aliphatic carbocycles. The topological polar surface area (TPSA) is 54.3 Å². The molecule has 2 bridgehead atoms. The van der Waals surface area contributed by atoms with Crippen molar-refractivity contribution in [1.29, 1.82) is 0 Å². The van der Waals surface area contributed by atoms with Crippen LogP contribution in [-0.2, 0) is 6.54 Å². The Labute approximate surface area is 192 Å². The molecule has 2 aromatic rings. The number of nitrogens with zero attached hydrogens (tertiary/aromatic N) is 2. The summed E-state index contributed by atoms with van der Waals surface area (Å²) in [5.74, 6) is 0.0952. The molecule has 2 aliphatic heterocycles. The summed E-state index contributed by atoms with van der Waals surface area (Å²) in [7, 11) is 0. The molecule has 1 amide bonds. The number of pyridine rings is 1. The zero-order chi connectivity index (χ0) is 20.8. The highest BCUT2D eigenvalue weighted by molar-refractivity contribution is 9.10. The first-order valence-corrected chi connectivity index (χ1v) is 11.2. The Morgan fingerprint density at radius 3 is 2.52 bits per heavy atom. The van der Waals surface area contributed by atoms with Gasteiger partial charge in [-0.25, -0.2) is 0 Å². The van der Waals surface area contributed by atoms with Gasteiger partial charge in [0, 0.05) is 47.3 Å². The molecular formula is C20H19BrCl3N3O2. The predicted octanol–water partition coefficient (Wildman–Crippen LogP) is 4.16. The molecule has 0 radical (unpaired) electrons. The van der Waals surface area contributed by atoms with E-state index in [0.717, 1.165) is 16.6 Å². The molecule has 0 spiro atoms. The van der Waals surface area contributed by atoms with Crippen LogP contribution >= 0.6 is 50.7 Å². The maximum Gasteiger partial charge on any atom is 0.252 e. The average molecular weight is 520 g/mol. The van der Waals surface area contributed by atoms with Crippen LogP contribution in [0, 0.1) is 5.92 Å². The van der Waals surface area contributed by atoms with Crippen molar-refractivity contribution in [2.24, 2.45) is 5.92 Å². The molecule has 2 aliphatic rings. The maximum absolute atomic E-state index is 12.8. The van der Waals surface area contributed by atoms with Crippen molar-refractivity contribution >= 4 is 56.6 Å². The quantitative estimate of drug-likeness (QED) is 0.620. The van der Waals surface area contributed by atoms with Crippen molar-refractivity contribution in [3.05, 3.63) is 68.5 Å². The molecule has 3 atom stereocenters. The van der Waals surface area contributed by atoms with Gasteiger partial charge >= 0.3 is 0 Å². The van der Waals surface area contributed by atoms with Gasteiger partial charge in [0.2, 0.25) is 3.79 Å². The third-order valence-electron chi connectivity index (χ3n) is 5.56. The minimum atomic E-state index is -1.70. The number of hydrogen-bond acceptors (Lipinski definition) is 3. The predicted molar refractivity (Wildman–Crippen MR) is 119 cm³/mol. The summed E-state index contributed by atoms with van der Waals surface area (Å²) in [4.78, 5) is 27.0. The summed E-state index contributed by atoms with van der Waals surface area (Å²) in [6.07, 6.45) is 0.198. The molecule has 0 saturated carbocycles. The molecule has 1 fully saturated rings. The highest BCUT2D eigenvalue weighted by Gasteiger charge is 2.44. The standard InChI is InChI=1S/C20H19BrCl3N3O2/c21-15-6-4-13(5-7-15)18(29)25-19(20(22,23)24)26-9-12-8-14(11-26)16-2-1-3-17(28)27(16)10-12/h1-7,12,14,19H,8-11H2,(H,25,29)/t12-,14+,19-/m0/s1. The van der Waals surface area contributed by atoms with Crippen molar-refractivity contribution in [3.63, 3.8) is 0 Å². The van der Waals surface area contributed by atoms with Crippen LogP contribution in [0.25, 0.3) is 0 Å². The number of carbonyl (C=O) groups is 1. The van der Waals surface area contributed by atoms with Gasteiger partial charge in [0.1, 0.15) is 6.17 Å². The zero-order valence-corrected chi connectivity index (χ0v) is 19.2. The molecule has 154 valence electrons. The van der Waals surface area contributed by atoms with E-state index in [9.17, 15) is 9.59 Å². The van der Waals surface area contributed by atoms with Gasteiger partial charge in [-0.2, -0.15) is 0 Å². The summed E-state index contributed by atoms with van der Waals surface area (Å²) in [5, 5.41) is 2.89. The van der Waals surface area contributed by atoms with Gasteiger partial charge in [0.15, 0.2) is 0 Å². The minimum absolute atomic E-state index is 0.0205. The first-order chi connectivity index (χ1) is 13.7. The highest BCUT2D eigenvalue weighted by Crippen LogP contribution is 2.40. The van der Waals surface area contributed by atoms with Crippen molar-refractivity contribution < 1.29 is 4.79 Å². The number of piperidine rings is 1. The lowest BCUT2D eigenvalue weighted by Gasteiger charge is -2.47. The highest BCUT2D eigenvalue weighted by atomic mass is 79.9. The number of halogens is 4. The molecule has 0 unspecified atom stereocenters. The summed E-state index contributed by atoms with van der Waals surface area (Å²) >= 11 is 22.2. The lowest BCUT2D eigenvalue weighted by atomic mass is 9.83. The third kappa shape index (κ3) is 4.52. The van der Waals surface area contributed by atoms with Crippen LogP contribution in [0.3, 0.4) is 0 Å². The van der Waals surface area contributed by atoms with Crippen LogP contribution in [0.15, 0.2) is 51.7 Å². The van der Waals surface area contributed by atoms with Gasteiger partial charge in [0.05, 0.1) is 0 Å². The second-order valence-electron chi connectivity index (χ2n) is 7.58. The van der Waals surface area contributed by atoms with Crippen LogP contribution in [0.4, 0.5) is 0 Å². The molecule has 1 saturated heterocycles. The van der Waals surface area contributed by atoms with Gasteiger partial charge in [-0.15, -0.1) is 0 Å². The molecule has 1 aromatic carbocycles. The largest absolute Gasteiger partial charge is 0.332 e. The second kappa shape index (κ2) is 8.23. The minimum Gasteiger partial charge on any atom is -0.332 e. The number of amides is 1. The Kier molecular flexibility index (Phi) is 6.02. The molecule has 9 heteroatoms. The molecule has 1 aromatic heterocycles. The van der Waals surface area contributed by atoms with Crippen molar-refractivity contribution in [1.82, 2.24) is 14.8 Å². The lowest BCUT2D eigenvalue weighted by molar-refractivity contribution is 0.0586. The zero-order valence-electron chi connectivity index (χ0n) is 15.3. The first kappa shape index (κ1) is 21.2. The van der Waals surface area contributed by atoms with E-state index in [0.29, 0.717) is 25.2 Å². The van der Waals surface area contributed by atoms with Gasteiger partial charge < -0.3 is 9.88 Å². The number of rotatable bonds is 3. The Hall–Kier alpha value is -1.05. The number of hydrogen-bond donors (Lipinski definition) is 1. The first-order valence-electron chi connectivity index (χ1n) is 9.29. The number of carbonyl (C=O) groups excluding carboxylic acids is 1. The van der Waals surface area contributed by atoms with Crippen molar-refractivity contribution in [3.8, 4) is 0 Å². The normalized spacial score (nSPS) is 22.6. The Bertz CT molecular complexity index is 974. The maximum atomic E-state index is 12.8. The van der Waals surface area contributed by atoms with Gasteiger partial charge in [-0.1, -0.05) is 56.8 Å². The average Bonchev–Trinajstić information content (AvgIpc) is 2.66. The summed E-state index contributed by atoms with van der Waals surface area (Å²) in [6.45, 7) is 1.87. The van der Waals surface area contributed by atoms with E-state index >= 15 is 0 Å². The fourth-order valence-electron chi connectivity index (χ4n) is 4.33. The second-order valence-corrected chi connectivity index (χ2v) is 10.9. The summed E-state index contributed by atoms with van der Waals surface area (Å²) < 4.78 is 1.03. The molecule has 3 heterocycles. The fraction of sp³-hybridized carbons (Fsp3) is 0.400. The van der Waals surface area contributed by atoms with E-state index < -0.39 is 9.96 Å². The summed E-state index contributed by atoms with van der Waals surface area (Å²) in [6, 6.07) is 12.4. The Balaban J connectivity index is 1.58. The van der Waals surface area contributed by atoms with E-state index in [-0.39, 0.29) is 23.3 Å². The van der Waals surface area contributed by atoms with Crippen LogP contribution < -0.4 is 10.9 Å². The van der Waals surface area contributed by atoms with Gasteiger partial charge in [-0.05, 0) is 42.7 Å². The number of benzene rings is 1. The monoisotopic (exact) mass is 517 g/mol. The number of aromatic nitrogens is 1. The van der Waals surface area contributed by atoms with Crippen LogP contribution in [0.2, 0.25) is 0 Å². The van der Waals surface area contributed by atoms with E-state index in [2.05, 4.69) is 21.2 Å². The number of nitrogens with one attached hydrogen (secondary N) is 1. The molecule has 1 N–H and O–H groups in total. The number of fused-ring (bicyclic) bond motifs is 4. The fourth-order valence-corrected chi connectivity index (χ4v) is 5.18. The van der Waals surface area contributed by atoms with E-state index in [1.165, 1.54) is 0 Å². The van der Waals surface area contributed by atoms with E-state index in [1.807, 2.05) is 15.5 Å².